The maximum absolute atomic E-state index is 11.9. The zero-order valence-electron chi connectivity index (χ0n) is 10.7. The highest BCUT2D eigenvalue weighted by Gasteiger charge is 2.24. The highest BCUT2D eigenvalue weighted by Crippen LogP contribution is 2.21. The fraction of sp³-hybridized carbons (Fsp3) is 0.462. The predicted octanol–water partition coefficient (Wildman–Crippen LogP) is 3.12. The number of halogens is 1. The van der Waals surface area contributed by atoms with Gasteiger partial charge in [-0.05, 0) is 41.4 Å². The summed E-state index contributed by atoms with van der Waals surface area (Å²) in [4.78, 5) is 11.9. The molecule has 0 aromatic heterocycles. The third-order valence-electron chi connectivity index (χ3n) is 2.69. The first-order chi connectivity index (χ1) is 8.50. The summed E-state index contributed by atoms with van der Waals surface area (Å²) in [6.45, 7) is 3.77. The average Bonchev–Trinajstić information content (AvgIpc) is 2.32. The number of aliphatic hydroxyl groups excluding tert-OH is 1. The number of amides is 2. The van der Waals surface area contributed by atoms with Crippen molar-refractivity contribution in [1.29, 1.82) is 0 Å². The molecule has 0 radical (unpaired) electrons. The van der Waals surface area contributed by atoms with Crippen LogP contribution in [0.4, 0.5) is 10.5 Å². The summed E-state index contributed by atoms with van der Waals surface area (Å²) in [5.74, 6) is 0. The van der Waals surface area contributed by atoms with Crippen molar-refractivity contribution >= 4 is 27.6 Å². The Hall–Kier alpha value is -1.07. The van der Waals surface area contributed by atoms with E-state index in [1.807, 2.05) is 32.0 Å². The van der Waals surface area contributed by atoms with Gasteiger partial charge >= 0.3 is 6.03 Å². The number of nitrogens with one attached hydrogen (secondary N) is 2. The molecule has 2 amide bonds. The SMILES string of the molecule is CCC[C@@](C)(CO)NC(=O)Nc1ccccc1Br. The van der Waals surface area contributed by atoms with Gasteiger partial charge in [0.2, 0.25) is 0 Å². The van der Waals surface area contributed by atoms with E-state index in [0.717, 1.165) is 17.3 Å². The Morgan fingerprint density at radius 3 is 2.67 bits per heavy atom. The van der Waals surface area contributed by atoms with E-state index in [1.165, 1.54) is 0 Å². The summed E-state index contributed by atoms with van der Waals surface area (Å²) in [6, 6.07) is 7.07. The Morgan fingerprint density at radius 2 is 2.11 bits per heavy atom. The molecule has 0 heterocycles. The van der Waals surface area contributed by atoms with E-state index in [9.17, 15) is 9.90 Å². The zero-order chi connectivity index (χ0) is 13.6. The van der Waals surface area contributed by atoms with Crippen LogP contribution in [0.1, 0.15) is 26.7 Å². The summed E-state index contributed by atoms with van der Waals surface area (Å²) in [7, 11) is 0. The first-order valence-electron chi connectivity index (χ1n) is 5.95. The number of rotatable bonds is 5. The third kappa shape index (κ3) is 4.31. The van der Waals surface area contributed by atoms with Gasteiger partial charge in [0.25, 0.3) is 0 Å². The molecule has 4 nitrogen and oxygen atoms in total. The minimum absolute atomic E-state index is 0.0791. The van der Waals surface area contributed by atoms with Crippen molar-refractivity contribution in [3.8, 4) is 0 Å². The van der Waals surface area contributed by atoms with Crippen LogP contribution in [0.5, 0.6) is 0 Å². The highest BCUT2D eigenvalue weighted by molar-refractivity contribution is 9.10. The average molecular weight is 315 g/mol. The normalized spacial score (nSPS) is 13.8. The number of para-hydroxylation sites is 1. The zero-order valence-corrected chi connectivity index (χ0v) is 12.3. The van der Waals surface area contributed by atoms with E-state index in [4.69, 9.17) is 0 Å². The molecule has 3 N–H and O–H groups in total. The van der Waals surface area contributed by atoms with Crippen molar-refractivity contribution in [2.75, 3.05) is 11.9 Å². The maximum Gasteiger partial charge on any atom is 0.319 e. The number of benzene rings is 1. The number of urea groups is 1. The minimum Gasteiger partial charge on any atom is -0.394 e. The molecule has 18 heavy (non-hydrogen) atoms. The van der Waals surface area contributed by atoms with Crippen LogP contribution in [-0.2, 0) is 0 Å². The molecule has 100 valence electrons. The molecule has 5 heteroatoms. The second-order valence-corrected chi connectivity index (χ2v) is 5.38. The molecule has 0 aliphatic rings. The Balaban J connectivity index is 2.64. The lowest BCUT2D eigenvalue weighted by atomic mass is 9.98. The predicted molar refractivity (Wildman–Crippen MR) is 76.7 cm³/mol. The van der Waals surface area contributed by atoms with E-state index in [0.29, 0.717) is 5.69 Å². The number of carbonyl (C=O) groups excluding carboxylic acids is 1. The molecule has 0 aliphatic carbocycles. The molecule has 1 rings (SSSR count). The van der Waals surface area contributed by atoms with Crippen LogP contribution >= 0.6 is 15.9 Å². The second kappa shape index (κ2) is 6.75. The summed E-state index contributed by atoms with van der Waals surface area (Å²) in [5, 5.41) is 14.9. The van der Waals surface area contributed by atoms with Gasteiger partial charge in [0.15, 0.2) is 0 Å². The van der Waals surface area contributed by atoms with Crippen molar-refractivity contribution in [2.45, 2.75) is 32.2 Å². The van der Waals surface area contributed by atoms with E-state index < -0.39 is 5.54 Å². The first-order valence-corrected chi connectivity index (χ1v) is 6.74. The second-order valence-electron chi connectivity index (χ2n) is 4.53. The minimum atomic E-state index is -0.583. The van der Waals surface area contributed by atoms with Crippen molar-refractivity contribution in [3.63, 3.8) is 0 Å². The molecule has 0 bridgehead atoms. The smallest absolute Gasteiger partial charge is 0.319 e. The van der Waals surface area contributed by atoms with Gasteiger partial charge in [0, 0.05) is 4.47 Å². The molecule has 1 aromatic carbocycles. The summed E-state index contributed by atoms with van der Waals surface area (Å²) >= 11 is 3.36. The molecule has 1 atom stereocenters. The Morgan fingerprint density at radius 1 is 1.44 bits per heavy atom. The lowest BCUT2D eigenvalue weighted by molar-refractivity contribution is 0.167. The molecule has 0 spiro atoms. The van der Waals surface area contributed by atoms with Gasteiger partial charge in [-0.2, -0.15) is 0 Å². The van der Waals surface area contributed by atoms with Crippen LogP contribution < -0.4 is 10.6 Å². The van der Waals surface area contributed by atoms with Gasteiger partial charge in [-0.15, -0.1) is 0 Å². The number of carbonyl (C=O) groups is 1. The van der Waals surface area contributed by atoms with Crippen molar-refractivity contribution in [2.24, 2.45) is 0 Å². The van der Waals surface area contributed by atoms with Gasteiger partial charge in [-0.1, -0.05) is 25.5 Å². The first kappa shape index (κ1) is 15.0. The molecular weight excluding hydrogens is 296 g/mol. The Bertz CT molecular complexity index is 412. The molecule has 0 saturated heterocycles. The van der Waals surface area contributed by atoms with Crippen LogP contribution in [0.15, 0.2) is 28.7 Å². The van der Waals surface area contributed by atoms with E-state index in [-0.39, 0.29) is 12.6 Å². The number of aliphatic hydroxyl groups is 1. The largest absolute Gasteiger partial charge is 0.394 e. The fourth-order valence-electron chi connectivity index (χ4n) is 1.72. The summed E-state index contributed by atoms with van der Waals surface area (Å²) in [6.07, 6.45) is 1.62. The molecule has 0 aliphatic heterocycles. The van der Waals surface area contributed by atoms with Gasteiger partial charge in [0.1, 0.15) is 0 Å². The molecule has 0 saturated carbocycles. The number of hydrogen-bond acceptors (Lipinski definition) is 2. The van der Waals surface area contributed by atoms with Crippen LogP contribution in [0.2, 0.25) is 0 Å². The fourth-order valence-corrected chi connectivity index (χ4v) is 2.11. The van der Waals surface area contributed by atoms with Crippen molar-refractivity contribution in [3.05, 3.63) is 28.7 Å². The number of hydrogen-bond donors (Lipinski definition) is 3. The van der Waals surface area contributed by atoms with Crippen LogP contribution in [0.25, 0.3) is 0 Å². The van der Waals surface area contributed by atoms with Gasteiger partial charge in [-0.25, -0.2) is 4.79 Å². The van der Waals surface area contributed by atoms with Crippen molar-refractivity contribution < 1.29 is 9.90 Å². The molecule has 1 aromatic rings. The third-order valence-corrected chi connectivity index (χ3v) is 3.38. The van der Waals surface area contributed by atoms with Crippen LogP contribution in [0.3, 0.4) is 0 Å². The number of anilines is 1. The van der Waals surface area contributed by atoms with Crippen molar-refractivity contribution in [1.82, 2.24) is 5.32 Å². The topological polar surface area (TPSA) is 61.4 Å². The van der Waals surface area contributed by atoms with E-state index >= 15 is 0 Å². The van der Waals surface area contributed by atoms with Crippen LogP contribution in [-0.4, -0.2) is 23.3 Å². The van der Waals surface area contributed by atoms with Gasteiger partial charge < -0.3 is 15.7 Å². The van der Waals surface area contributed by atoms with E-state index in [2.05, 4.69) is 26.6 Å². The monoisotopic (exact) mass is 314 g/mol. The molecule has 0 unspecified atom stereocenters. The Kier molecular flexibility index (Phi) is 5.62. The molecule has 0 fully saturated rings. The lowest BCUT2D eigenvalue weighted by Crippen LogP contribution is -2.50. The highest BCUT2D eigenvalue weighted by atomic mass is 79.9. The standard InChI is InChI=1S/C13H19BrN2O2/c1-3-8-13(2,9-17)16-12(18)15-11-7-5-4-6-10(11)14/h4-7,17H,3,8-9H2,1-2H3,(H2,15,16,18)/t13-/m0/s1. The quantitative estimate of drug-likeness (QED) is 0.782. The Labute approximate surface area is 116 Å². The molecular formula is C13H19BrN2O2. The maximum atomic E-state index is 11.9. The van der Waals surface area contributed by atoms with Gasteiger partial charge in [0.05, 0.1) is 17.8 Å². The van der Waals surface area contributed by atoms with Crippen LogP contribution in [0, 0.1) is 0 Å². The summed E-state index contributed by atoms with van der Waals surface area (Å²) < 4.78 is 0.821. The lowest BCUT2D eigenvalue weighted by Gasteiger charge is -2.28. The van der Waals surface area contributed by atoms with E-state index in [1.54, 1.807) is 6.07 Å². The summed E-state index contributed by atoms with van der Waals surface area (Å²) in [5.41, 5.74) is 0.117. The van der Waals surface area contributed by atoms with Gasteiger partial charge in [-0.3, -0.25) is 0 Å².